The van der Waals surface area contributed by atoms with Crippen molar-refractivity contribution in [3.05, 3.63) is 71.8 Å². The van der Waals surface area contributed by atoms with Gasteiger partial charge in [-0.05, 0) is 48.6 Å². The Morgan fingerprint density at radius 1 is 0.857 bits per heavy atom. The molecule has 4 rings (SSSR count). The molecule has 56 heavy (non-hydrogen) atoms. The van der Waals surface area contributed by atoms with E-state index in [2.05, 4.69) is 21.3 Å². The predicted molar refractivity (Wildman–Crippen MR) is 210 cm³/mol. The van der Waals surface area contributed by atoms with Crippen LogP contribution in [0.25, 0.3) is 0 Å². The fraction of sp³-hybridized carbons (Fsp3) is 0.548. The highest BCUT2D eigenvalue weighted by molar-refractivity contribution is 6.38. The first-order chi connectivity index (χ1) is 26.8. The molecule has 0 spiro atoms. The minimum atomic E-state index is -1.23. The zero-order valence-electron chi connectivity index (χ0n) is 33.3. The van der Waals surface area contributed by atoms with Crippen molar-refractivity contribution in [1.29, 1.82) is 0 Å². The van der Waals surface area contributed by atoms with Crippen molar-refractivity contribution in [2.75, 3.05) is 33.8 Å². The second kappa shape index (κ2) is 21.1. The van der Waals surface area contributed by atoms with E-state index < -0.39 is 60.3 Å². The van der Waals surface area contributed by atoms with E-state index >= 15 is 0 Å². The SMILES string of the molecule is CCCC(NC(=O)[C@@H]1C[C@@H](c2ccccc2)CN1C(=O)[C@@H](NC(=O)OCC(C)C)C1CCCCC1)C(=O)C(=O)NCC(=O)N[C@H](C(=O)N(C)C)c1ccccc1. The molecule has 4 N–H and O–H groups in total. The highest BCUT2D eigenvalue weighted by Crippen LogP contribution is 2.35. The first-order valence-corrected chi connectivity index (χ1v) is 19.8. The molecule has 0 radical (unpaired) electrons. The molecule has 1 unspecified atom stereocenters. The zero-order valence-corrected chi connectivity index (χ0v) is 33.3. The maximum atomic E-state index is 14.5. The summed E-state index contributed by atoms with van der Waals surface area (Å²) in [7, 11) is 3.12. The summed E-state index contributed by atoms with van der Waals surface area (Å²) in [4.78, 5) is 97.0. The molecule has 1 saturated heterocycles. The Balaban J connectivity index is 1.49. The van der Waals surface area contributed by atoms with Crippen molar-refractivity contribution in [3.63, 3.8) is 0 Å². The van der Waals surface area contributed by atoms with Crippen molar-refractivity contribution < 1.29 is 38.3 Å². The molecular weight excluding hydrogens is 716 g/mol. The van der Waals surface area contributed by atoms with Crippen molar-refractivity contribution in [3.8, 4) is 0 Å². The van der Waals surface area contributed by atoms with Gasteiger partial charge in [-0.15, -0.1) is 0 Å². The Kier molecular flexibility index (Phi) is 16.4. The molecule has 14 heteroatoms. The van der Waals surface area contributed by atoms with E-state index in [0.29, 0.717) is 12.0 Å². The summed E-state index contributed by atoms with van der Waals surface area (Å²) in [5, 5.41) is 10.6. The lowest BCUT2D eigenvalue weighted by molar-refractivity contribution is -0.143. The number of likely N-dealkylation sites (tertiary alicyclic amines) is 1. The summed E-state index contributed by atoms with van der Waals surface area (Å²) >= 11 is 0. The number of nitrogens with one attached hydrogen (secondary N) is 4. The number of hydrogen-bond donors (Lipinski definition) is 4. The van der Waals surface area contributed by atoms with Crippen molar-refractivity contribution in [1.82, 2.24) is 31.1 Å². The zero-order chi connectivity index (χ0) is 40.8. The van der Waals surface area contributed by atoms with Gasteiger partial charge in [0, 0.05) is 26.6 Å². The van der Waals surface area contributed by atoms with Gasteiger partial charge in [-0.2, -0.15) is 0 Å². The molecule has 1 aliphatic carbocycles. The molecule has 5 atom stereocenters. The minimum Gasteiger partial charge on any atom is -0.449 e. The van der Waals surface area contributed by atoms with E-state index in [1.165, 1.54) is 9.80 Å². The fourth-order valence-corrected chi connectivity index (χ4v) is 7.37. The molecule has 0 bridgehead atoms. The highest BCUT2D eigenvalue weighted by atomic mass is 16.5. The summed E-state index contributed by atoms with van der Waals surface area (Å²) in [5.41, 5.74) is 1.49. The van der Waals surface area contributed by atoms with Crippen LogP contribution in [0.15, 0.2) is 60.7 Å². The third-order valence-electron chi connectivity index (χ3n) is 10.3. The lowest BCUT2D eigenvalue weighted by Gasteiger charge is -2.34. The standard InChI is InChI=1S/C42H58N6O8/c1-6-16-32(37(50)39(52)43-24-34(49)45-35(40(53)47(4)5)29-19-12-8-13-20-29)44-38(51)33-23-31(28-17-10-7-11-18-28)25-48(33)41(54)36(30-21-14-9-15-22-30)46-42(55)56-26-27(2)3/h7-8,10-13,17-20,27,30-33,35-36H,6,9,14-16,21-26H2,1-5H3,(H,43,52)(H,44,51)(H,45,49)(H,46,55)/t31-,32?,33+,35+,36+/m1/s1. The van der Waals surface area contributed by atoms with Crippen LogP contribution in [0.2, 0.25) is 0 Å². The molecule has 6 amide bonds. The number of carbonyl (C=O) groups excluding carboxylic acids is 7. The monoisotopic (exact) mass is 774 g/mol. The van der Waals surface area contributed by atoms with E-state index in [9.17, 15) is 33.6 Å². The normalized spacial score (nSPS) is 18.6. The van der Waals surface area contributed by atoms with Crippen LogP contribution in [0.3, 0.4) is 0 Å². The number of benzene rings is 2. The molecule has 304 valence electrons. The molecule has 1 heterocycles. The van der Waals surface area contributed by atoms with Crippen molar-refractivity contribution >= 4 is 41.4 Å². The van der Waals surface area contributed by atoms with Crippen LogP contribution in [0, 0.1) is 11.8 Å². The minimum absolute atomic E-state index is 0.103. The molecule has 1 aliphatic heterocycles. The summed E-state index contributed by atoms with van der Waals surface area (Å²) in [5.74, 6) is -4.29. The molecule has 1 saturated carbocycles. The number of ether oxygens (including phenoxy) is 1. The molecule has 2 aliphatic rings. The predicted octanol–water partition coefficient (Wildman–Crippen LogP) is 3.62. The number of Topliss-reactive ketones (excluding diaryl/α,β-unsaturated/α-hetero) is 1. The van der Waals surface area contributed by atoms with E-state index in [0.717, 1.165) is 37.7 Å². The number of likely N-dealkylation sites (N-methyl/N-ethyl adjacent to an activating group) is 1. The number of amides is 6. The van der Waals surface area contributed by atoms with Gasteiger partial charge in [0.15, 0.2) is 0 Å². The van der Waals surface area contributed by atoms with Gasteiger partial charge >= 0.3 is 6.09 Å². The quantitative estimate of drug-likeness (QED) is 0.176. The number of hydrogen-bond acceptors (Lipinski definition) is 8. The molecule has 2 aromatic rings. The molecule has 2 fully saturated rings. The summed E-state index contributed by atoms with van der Waals surface area (Å²) in [6.45, 7) is 5.47. The van der Waals surface area contributed by atoms with Gasteiger partial charge in [0.05, 0.1) is 19.2 Å². The van der Waals surface area contributed by atoms with E-state index in [1.54, 1.807) is 51.4 Å². The van der Waals surface area contributed by atoms with Gasteiger partial charge in [0.25, 0.3) is 5.91 Å². The van der Waals surface area contributed by atoms with Crippen molar-refractivity contribution in [2.45, 2.75) is 102 Å². The lowest BCUT2D eigenvalue weighted by atomic mass is 9.83. The average Bonchev–Trinajstić information content (AvgIpc) is 3.66. The van der Waals surface area contributed by atoms with Crippen LogP contribution >= 0.6 is 0 Å². The molecule has 2 aromatic carbocycles. The van der Waals surface area contributed by atoms with Crippen LogP contribution in [-0.4, -0.2) is 103 Å². The largest absolute Gasteiger partial charge is 0.449 e. The lowest BCUT2D eigenvalue weighted by Crippen LogP contribution is -2.58. The number of ketones is 1. The number of rotatable bonds is 17. The van der Waals surface area contributed by atoms with Crippen LogP contribution in [0.1, 0.15) is 95.2 Å². The third-order valence-corrected chi connectivity index (χ3v) is 10.3. The van der Waals surface area contributed by atoms with Gasteiger partial charge in [0.2, 0.25) is 29.4 Å². The summed E-state index contributed by atoms with van der Waals surface area (Å²) in [6, 6.07) is 14.1. The second-order valence-corrected chi connectivity index (χ2v) is 15.4. The molecule has 14 nitrogen and oxygen atoms in total. The Labute approximate surface area is 329 Å². The van der Waals surface area contributed by atoms with E-state index in [4.69, 9.17) is 4.74 Å². The second-order valence-electron chi connectivity index (χ2n) is 15.4. The molecule has 0 aromatic heterocycles. The first kappa shape index (κ1) is 43.5. The number of nitrogens with zero attached hydrogens (tertiary/aromatic N) is 2. The van der Waals surface area contributed by atoms with Crippen LogP contribution in [0.4, 0.5) is 4.79 Å². The number of alkyl carbamates (subject to hydrolysis) is 1. The third kappa shape index (κ3) is 12.1. The number of carbonyl (C=O) groups is 7. The first-order valence-electron chi connectivity index (χ1n) is 19.8. The van der Waals surface area contributed by atoms with Crippen molar-refractivity contribution in [2.24, 2.45) is 11.8 Å². The van der Waals surface area contributed by atoms with Crippen LogP contribution < -0.4 is 21.3 Å². The Morgan fingerprint density at radius 2 is 1.50 bits per heavy atom. The summed E-state index contributed by atoms with van der Waals surface area (Å²) in [6.07, 6.45) is 4.52. The maximum Gasteiger partial charge on any atom is 0.407 e. The van der Waals surface area contributed by atoms with Crippen LogP contribution in [0.5, 0.6) is 0 Å². The van der Waals surface area contributed by atoms with E-state index in [-0.39, 0.29) is 55.6 Å². The highest BCUT2D eigenvalue weighted by Gasteiger charge is 2.45. The topological polar surface area (TPSA) is 183 Å². The summed E-state index contributed by atoms with van der Waals surface area (Å²) < 4.78 is 5.41. The fourth-order valence-electron chi connectivity index (χ4n) is 7.37. The van der Waals surface area contributed by atoms with Gasteiger partial charge in [-0.3, -0.25) is 28.8 Å². The average molecular weight is 775 g/mol. The van der Waals surface area contributed by atoms with Gasteiger partial charge < -0.3 is 35.8 Å². The Hall–Kier alpha value is -5.27. The Morgan fingerprint density at radius 3 is 2.11 bits per heavy atom. The van der Waals surface area contributed by atoms with Crippen LogP contribution in [-0.2, 0) is 33.5 Å². The van der Waals surface area contributed by atoms with E-state index in [1.807, 2.05) is 44.2 Å². The smallest absolute Gasteiger partial charge is 0.407 e. The van der Waals surface area contributed by atoms with Gasteiger partial charge in [-0.25, -0.2) is 4.79 Å². The maximum absolute atomic E-state index is 14.5. The van der Waals surface area contributed by atoms with Gasteiger partial charge in [-0.1, -0.05) is 107 Å². The van der Waals surface area contributed by atoms with Gasteiger partial charge in [0.1, 0.15) is 18.1 Å². The molecular formula is C42H58N6O8. The Bertz CT molecular complexity index is 1660.